The third-order valence-electron chi connectivity index (χ3n) is 4.86. The molecule has 0 saturated carbocycles. The summed E-state index contributed by atoms with van der Waals surface area (Å²) in [6, 6.07) is 11.8. The number of aromatic amines is 1. The van der Waals surface area contributed by atoms with Gasteiger partial charge in [-0.3, -0.25) is 14.4 Å². The van der Waals surface area contributed by atoms with E-state index in [0.717, 1.165) is 0 Å². The first-order valence-electron chi connectivity index (χ1n) is 9.87. The van der Waals surface area contributed by atoms with Crippen LogP contribution in [0.1, 0.15) is 22.7 Å². The molecular weight excluding hydrogens is 458 g/mol. The first-order valence-corrected chi connectivity index (χ1v) is 9.87. The van der Waals surface area contributed by atoms with Gasteiger partial charge in [-0.2, -0.15) is 13.2 Å². The van der Waals surface area contributed by atoms with E-state index < -0.39 is 46.7 Å². The minimum Gasteiger partial charge on any atom is -0.497 e. The number of carbonyl (C=O) groups excluding carboxylic acids is 2. The number of anilines is 1. The number of aromatic nitrogens is 1. The molecule has 0 radical (unpaired) electrons. The van der Waals surface area contributed by atoms with Gasteiger partial charge in [0.2, 0.25) is 0 Å². The van der Waals surface area contributed by atoms with Crippen molar-refractivity contribution in [3.63, 3.8) is 0 Å². The second kappa shape index (κ2) is 10.2. The molecule has 0 fully saturated rings. The normalized spacial score (nSPS) is 12.0. The summed E-state index contributed by atoms with van der Waals surface area (Å²) < 4.78 is 57.0. The van der Waals surface area contributed by atoms with Gasteiger partial charge in [0.1, 0.15) is 17.3 Å². The first kappa shape index (κ1) is 24.5. The summed E-state index contributed by atoms with van der Waals surface area (Å²) in [6.45, 7) is 0. The molecule has 3 aromatic rings. The quantitative estimate of drug-likeness (QED) is 0.373. The number of H-pyrrole nitrogens is 1. The molecule has 3 N–H and O–H groups in total. The maximum absolute atomic E-state index is 13.3. The number of hydrogen-bond acceptors (Lipinski definition) is 4. The zero-order valence-corrected chi connectivity index (χ0v) is 17.7. The lowest BCUT2D eigenvalue weighted by Gasteiger charge is -2.20. The molecule has 2 aromatic carbocycles. The van der Waals surface area contributed by atoms with Crippen molar-refractivity contribution in [3.8, 4) is 5.75 Å². The highest BCUT2D eigenvalue weighted by Crippen LogP contribution is 2.29. The third-order valence-corrected chi connectivity index (χ3v) is 4.86. The average Bonchev–Trinajstić information content (AvgIpc) is 2.80. The van der Waals surface area contributed by atoms with E-state index in [1.807, 2.05) is 10.3 Å². The number of halogens is 4. The van der Waals surface area contributed by atoms with Crippen molar-refractivity contribution in [2.24, 2.45) is 0 Å². The summed E-state index contributed by atoms with van der Waals surface area (Å²) in [5, 5.41) is 4.40. The molecular formula is C23H19F4N3O4. The predicted molar refractivity (Wildman–Crippen MR) is 115 cm³/mol. The van der Waals surface area contributed by atoms with Crippen LogP contribution >= 0.6 is 0 Å². The van der Waals surface area contributed by atoms with Crippen LogP contribution in [0.3, 0.4) is 0 Å². The SMILES string of the molecule is COc1ccc([C@H](Cc2ccc(F)cc2)NC(=O)C(=O)Nc2cc(C(F)(F)F)c[nH]c2=O)cc1. The molecule has 2 amide bonds. The maximum atomic E-state index is 13.3. The van der Waals surface area contributed by atoms with Crippen LogP contribution in [-0.4, -0.2) is 23.9 Å². The molecule has 0 aliphatic carbocycles. The van der Waals surface area contributed by atoms with Crippen molar-refractivity contribution in [1.82, 2.24) is 10.3 Å². The summed E-state index contributed by atoms with van der Waals surface area (Å²) in [5.74, 6) is -2.40. The fourth-order valence-corrected chi connectivity index (χ4v) is 3.09. The Hall–Kier alpha value is -4.15. The number of hydrogen-bond donors (Lipinski definition) is 3. The highest BCUT2D eigenvalue weighted by Gasteiger charge is 2.32. The Labute approximate surface area is 190 Å². The van der Waals surface area contributed by atoms with Crippen LogP contribution in [0.15, 0.2) is 65.6 Å². The molecule has 0 spiro atoms. The molecule has 1 aromatic heterocycles. The number of carbonyl (C=O) groups is 2. The van der Waals surface area contributed by atoms with E-state index in [1.165, 1.54) is 31.4 Å². The lowest BCUT2D eigenvalue weighted by molar-refractivity contribution is -0.137. The molecule has 1 heterocycles. The summed E-state index contributed by atoms with van der Waals surface area (Å²) in [4.78, 5) is 38.6. The fourth-order valence-electron chi connectivity index (χ4n) is 3.09. The van der Waals surface area contributed by atoms with Gasteiger partial charge in [0.15, 0.2) is 0 Å². The van der Waals surface area contributed by atoms with Crippen LogP contribution in [0.4, 0.5) is 23.2 Å². The van der Waals surface area contributed by atoms with Crippen LogP contribution in [0.25, 0.3) is 0 Å². The molecule has 1 atom stereocenters. The molecule has 0 aliphatic rings. The van der Waals surface area contributed by atoms with Crippen LogP contribution < -0.4 is 20.9 Å². The summed E-state index contributed by atoms with van der Waals surface area (Å²) in [5.41, 5.74) is -1.70. The van der Waals surface area contributed by atoms with Gasteiger partial charge in [-0.05, 0) is 47.9 Å². The monoisotopic (exact) mass is 477 g/mol. The van der Waals surface area contributed by atoms with E-state index in [4.69, 9.17) is 4.74 Å². The molecule has 11 heteroatoms. The Bertz CT molecular complexity index is 1220. The third kappa shape index (κ3) is 6.21. The van der Waals surface area contributed by atoms with Crippen LogP contribution in [0.2, 0.25) is 0 Å². The number of benzene rings is 2. The Morgan fingerprint density at radius 2 is 1.68 bits per heavy atom. The van der Waals surface area contributed by atoms with E-state index in [1.54, 1.807) is 24.3 Å². The number of pyridine rings is 1. The van der Waals surface area contributed by atoms with Crippen molar-refractivity contribution in [2.75, 3.05) is 12.4 Å². The van der Waals surface area contributed by atoms with Gasteiger partial charge >= 0.3 is 18.0 Å². The van der Waals surface area contributed by atoms with Gasteiger partial charge < -0.3 is 20.4 Å². The molecule has 7 nitrogen and oxygen atoms in total. The van der Waals surface area contributed by atoms with E-state index in [2.05, 4.69) is 5.32 Å². The minimum atomic E-state index is -4.76. The minimum absolute atomic E-state index is 0.176. The molecule has 3 rings (SSSR count). The maximum Gasteiger partial charge on any atom is 0.417 e. The summed E-state index contributed by atoms with van der Waals surface area (Å²) >= 11 is 0. The highest BCUT2D eigenvalue weighted by atomic mass is 19.4. The van der Waals surface area contributed by atoms with Crippen LogP contribution in [-0.2, 0) is 22.2 Å². The largest absolute Gasteiger partial charge is 0.497 e. The van der Waals surface area contributed by atoms with E-state index in [0.29, 0.717) is 29.1 Å². The van der Waals surface area contributed by atoms with Crippen molar-refractivity contribution in [3.05, 3.63) is 93.7 Å². The number of rotatable bonds is 6. The summed E-state index contributed by atoms with van der Waals surface area (Å²) in [7, 11) is 1.48. The van der Waals surface area contributed by atoms with Crippen molar-refractivity contribution >= 4 is 17.5 Å². The second-order valence-corrected chi connectivity index (χ2v) is 7.21. The average molecular weight is 477 g/mol. The van der Waals surface area contributed by atoms with Gasteiger partial charge in [-0.1, -0.05) is 24.3 Å². The molecule has 178 valence electrons. The van der Waals surface area contributed by atoms with Gasteiger partial charge in [0.25, 0.3) is 5.56 Å². The molecule has 0 bridgehead atoms. The molecule has 0 aliphatic heterocycles. The molecule has 34 heavy (non-hydrogen) atoms. The number of methoxy groups -OCH3 is 1. The highest BCUT2D eigenvalue weighted by molar-refractivity contribution is 6.39. The van der Waals surface area contributed by atoms with E-state index >= 15 is 0 Å². The second-order valence-electron chi connectivity index (χ2n) is 7.21. The Balaban J connectivity index is 1.81. The van der Waals surface area contributed by atoms with Crippen molar-refractivity contribution < 1.29 is 31.9 Å². The Morgan fingerprint density at radius 3 is 2.26 bits per heavy atom. The van der Waals surface area contributed by atoms with Crippen molar-refractivity contribution in [2.45, 2.75) is 18.6 Å². The van der Waals surface area contributed by atoms with Crippen molar-refractivity contribution in [1.29, 1.82) is 0 Å². The van der Waals surface area contributed by atoms with Gasteiger partial charge in [0, 0.05) is 6.20 Å². The first-order chi connectivity index (χ1) is 16.1. The van der Waals surface area contributed by atoms with Crippen LogP contribution in [0.5, 0.6) is 5.75 Å². The zero-order chi connectivity index (χ0) is 24.9. The van der Waals surface area contributed by atoms with E-state index in [9.17, 15) is 31.9 Å². The number of ether oxygens (including phenoxy) is 1. The Morgan fingerprint density at radius 1 is 1.03 bits per heavy atom. The molecule has 0 saturated heterocycles. The fraction of sp³-hybridized carbons (Fsp3) is 0.174. The topological polar surface area (TPSA) is 100 Å². The standard InChI is InChI=1S/C23H19F4N3O4/c1-34-17-8-4-14(5-9-17)18(10-13-2-6-16(24)7-3-13)29-21(32)22(33)30-19-11-15(23(25,26)27)12-28-20(19)31/h2-9,11-12,18H,10H2,1H3,(H,28,31)(H,29,32)(H,30,33)/t18-/m0/s1. The van der Waals surface area contributed by atoms with Gasteiger partial charge in [-0.15, -0.1) is 0 Å². The number of alkyl halides is 3. The van der Waals surface area contributed by atoms with E-state index in [-0.39, 0.29) is 6.42 Å². The summed E-state index contributed by atoms with van der Waals surface area (Å²) in [6.07, 6.45) is -4.13. The van der Waals surface area contributed by atoms with Gasteiger partial charge in [-0.25, -0.2) is 4.39 Å². The van der Waals surface area contributed by atoms with Crippen LogP contribution in [0, 0.1) is 5.82 Å². The number of amides is 2. The number of nitrogens with one attached hydrogen (secondary N) is 3. The Kier molecular flexibility index (Phi) is 7.34. The lowest BCUT2D eigenvalue weighted by Crippen LogP contribution is -2.39. The lowest BCUT2D eigenvalue weighted by atomic mass is 9.98. The van der Waals surface area contributed by atoms with Gasteiger partial charge in [0.05, 0.1) is 18.7 Å². The zero-order valence-electron chi connectivity index (χ0n) is 17.7. The predicted octanol–water partition coefficient (Wildman–Crippen LogP) is 3.58. The molecule has 0 unspecified atom stereocenters. The smallest absolute Gasteiger partial charge is 0.417 e.